The summed E-state index contributed by atoms with van der Waals surface area (Å²) in [5.41, 5.74) is 2.68. The van der Waals surface area contributed by atoms with Gasteiger partial charge in [-0.05, 0) is 46.2 Å². The molecule has 14 heavy (non-hydrogen) atoms. The first kappa shape index (κ1) is 9.78. The van der Waals surface area contributed by atoms with Crippen LogP contribution in [0.2, 0.25) is 0 Å². The molecule has 0 bridgehead atoms. The van der Waals surface area contributed by atoms with E-state index in [1.54, 1.807) is 7.11 Å². The van der Waals surface area contributed by atoms with Crippen LogP contribution in [0.15, 0.2) is 22.7 Å². The molecule has 2 heteroatoms. The molecular formula is C12H13BrO. The van der Waals surface area contributed by atoms with E-state index in [9.17, 15) is 0 Å². The van der Waals surface area contributed by atoms with Gasteiger partial charge >= 0.3 is 0 Å². The topological polar surface area (TPSA) is 9.23 Å². The van der Waals surface area contributed by atoms with Crippen molar-refractivity contribution in [2.24, 2.45) is 5.92 Å². The first-order valence-corrected chi connectivity index (χ1v) is 5.54. The minimum atomic E-state index is 0.578. The van der Waals surface area contributed by atoms with Crippen molar-refractivity contribution in [1.82, 2.24) is 0 Å². The highest BCUT2D eigenvalue weighted by molar-refractivity contribution is 9.11. The van der Waals surface area contributed by atoms with Gasteiger partial charge in [-0.15, -0.1) is 0 Å². The first-order chi connectivity index (χ1) is 6.70. The lowest BCUT2D eigenvalue weighted by Crippen LogP contribution is -2.06. The molecule has 0 heterocycles. The monoisotopic (exact) mass is 252 g/mol. The van der Waals surface area contributed by atoms with Crippen LogP contribution in [0.1, 0.15) is 18.1 Å². The molecule has 0 saturated heterocycles. The van der Waals surface area contributed by atoms with E-state index in [1.165, 1.54) is 15.6 Å². The molecule has 0 saturated carbocycles. The maximum atomic E-state index is 5.21. The van der Waals surface area contributed by atoms with E-state index in [1.807, 2.05) is 6.07 Å². The zero-order chi connectivity index (χ0) is 10.1. The van der Waals surface area contributed by atoms with Gasteiger partial charge < -0.3 is 4.74 Å². The Morgan fingerprint density at radius 3 is 2.93 bits per heavy atom. The zero-order valence-electron chi connectivity index (χ0n) is 8.38. The SMILES string of the molecule is COc1ccc2c(c1)CC(C)C(Br)=C2. The molecule has 0 spiro atoms. The Kier molecular flexibility index (Phi) is 2.64. The van der Waals surface area contributed by atoms with Crippen LogP contribution in [-0.4, -0.2) is 7.11 Å². The van der Waals surface area contributed by atoms with E-state index in [2.05, 4.69) is 41.1 Å². The second-order valence-electron chi connectivity index (χ2n) is 3.70. The molecule has 2 rings (SSSR count). The van der Waals surface area contributed by atoms with Gasteiger partial charge in [-0.2, -0.15) is 0 Å². The molecule has 1 nitrogen and oxygen atoms in total. The molecule has 74 valence electrons. The largest absolute Gasteiger partial charge is 0.497 e. The average molecular weight is 253 g/mol. The highest BCUT2D eigenvalue weighted by Gasteiger charge is 2.15. The molecule has 1 aromatic carbocycles. The molecule has 1 aliphatic carbocycles. The molecule has 0 radical (unpaired) electrons. The normalized spacial score (nSPS) is 19.9. The average Bonchev–Trinajstić information content (AvgIpc) is 2.19. The molecule has 0 aliphatic heterocycles. The lowest BCUT2D eigenvalue weighted by molar-refractivity contribution is 0.414. The van der Waals surface area contributed by atoms with Gasteiger partial charge in [0, 0.05) is 0 Å². The van der Waals surface area contributed by atoms with Crippen molar-refractivity contribution < 1.29 is 4.74 Å². The van der Waals surface area contributed by atoms with Crippen LogP contribution < -0.4 is 4.74 Å². The maximum absolute atomic E-state index is 5.21. The van der Waals surface area contributed by atoms with E-state index in [0.717, 1.165) is 12.2 Å². The summed E-state index contributed by atoms with van der Waals surface area (Å²) in [6.07, 6.45) is 3.28. The van der Waals surface area contributed by atoms with Crippen molar-refractivity contribution in [1.29, 1.82) is 0 Å². The third-order valence-corrected chi connectivity index (χ3v) is 3.65. The Morgan fingerprint density at radius 2 is 2.21 bits per heavy atom. The van der Waals surface area contributed by atoms with E-state index < -0.39 is 0 Å². The van der Waals surface area contributed by atoms with Gasteiger partial charge in [0.2, 0.25) is 0 Å². The van der Waals surface area contributed by atoms with Gasteiger partial charge in [-0.25, -0.2) is 0 Å². The van der Waals surface area contributed by atoms with Crippen molar-refractivity contribution in [2.75, 3.05) is 7.11 Å². The highest BCUT2D eigenvalue weighted by atomic mass is 79.9. The first-order valence-electron chi connectivity index (χ1n) is 4.74. The lowest BCUT2D eigenvalue weighted by atomic mass is 9.91. The maximum Gasteiger partial charge on any atom is 0.119 e. The van der Waals surface area contributed by atoms with Gasteiger partial charge in [0.15, 0.2) is 0 Å². The van der Waals surface area contributed by atoms with Gasteiger partial charge in [0.05, 0.1) is 7.11 Å². The lowest BCUT2D eigenvalue weighted by Gasteiger charge is -2.19. The number of fused-ring (bicyclic) bond motifs is 1. The number of methoxy groups -OCH3 is 1. The predicted molar refractivity (Wildman–Crippen MR) is 62.8 cm³/mol. The van der Waals surface area contributed by atoms with Crippen molar-refractivity contribution in [3.05, 3.63) is 33.8 Å². The highest BCUT2D eigenvalue weighted by Crippen LogP contribution is 2.33. The quantitative estimate of drug-likeness (QED) is 0.742. The number of allylic oxidation sites excluding steroid dienone is 1. The summed E-state index contributed by atoms with van der Waals surface area (Å²) in [7, 11) is 1.71. The molecule has 1 aromatic rings. The van der Waals surface area contributed by atoms with Crippen LogP contribution in [0.3, 0.4) is 0 Å². The van der Waals surface area contributed by atoms with Gasteiger partial charge in [-0.1, -0.05) is 28.9 Å². The number of ether oxygens (including phenoxy) is 1. The van der Waals surface area contributed by atoms with Gasteiger partial charge in [0.1, 0.15) is 5.75 Å². The molecule has 0 aromatic heterocycles. The Hall–Kier alpha value is -0.760. The minimum absolute atomic E-state index is 0.578. The Morgan fingerprint density at radius 1 is 1.43 bits per heavy atom. The zero-order valence-corrected chi connectivity index (χ0v) is 9.97. The Balaban J connectivity index is 2.44. The van der Waals surface area contributed by atoms with E-state index in [4.69, 9.17) is 4.74 Å². The molecule has 1 aliphatic rings. The van der Waals surface area contributed by atoms with Crippen LogP contribution >= 0.6 is 15.9 Å². The Labute approximate surface area is 92.9 Å². The molecule has 0 N–H and O–H groups in total. The molecule has 1 unspecified atom stereocenters. The summed E-state index contributed by atoms with van der Waals surface area (Å²) in [4.78, 5) is 0. The summed E-state index contributed by atoms with van der Waals surface area (Å²) in [6, 6.07) is 6.24. The molecule has 1 atom stereocenters. The summed E-state index contributed by atoms with van der Waals surface area (Å²) in [6.45, 7) is 2.23. The van der Waals surface area contributed by atoms with Crippen LogP contribution in [-0.2, 0) is 6.42 Å². The second-order valence-corrected chi connectivity index (χ2v) is 4.61. The molecule has 0 amide bonds. The van der Waals surface area contributed by atoms with Crippen molar-refractivity contribution >= 4 is 22.0 Å². The van der Waals surface area contributed by atoms with E-state index >= 15 is 0 Å². The molecular weight excluding hydrogens is 240 g/mol. The number of halogens is 1. The van der Waals surface area contributed by atoms with E-state index in [0.29, 0.717) is 5.92 Å². The fraction of sp³-hybridized carbons (Fsp3) is 0.333. The van der Waals surface area contributed by atoms with Crippen LogP contribution in [0.25, 0.3) is 6.08 Å². The smallest absolute Gasteiger partial charge is 0.119 e. The number of hydrogen-bond donors (Lipinski definition) is 0. The third kappa shape index (κ3) is 1.71. The number of benzene rings is 1. The fourth-order valence-electron chi connectivity index (χ4n) is 1.74. The third-order valence-electron chi connectivity index (χ3n) is 2.64. The fourth-order valence-corrected chi connectivity index (χ4v) is 2.15. The second kappa shape index (κ2) is 3.77. The van der Waals surface area contributed by atoms with Crippen LogP contribution in [0.4, 0.5) is 0 Å². The Bertz CT molecular complexity index is 382. The number of rotatable bonds is 1. The van der Waals surface area contributed by atoms with Crippen LogP contribution in [0, 0.1) is 5.92 Å². The van der Waals surface area contributed by atoms with Crippen LogP contribution in [0.5, 0.6) is 5.75 Å². The van der Waals surface area contributed by atoms with E-state index in [-0.39, 0.29) is 0 Å². The standard InChI is InChI=1S/C12H13BrO/c1-8-5-10-6-11(14-2)4-3-9(10)7-12(8)13/h3-4,6-8H,5H2,1-2H3. The summed E-state index contributed by atoms with van der Waals surface area (Å²) < 4.78 is 6.50. The van der Waals surface area contributed by atoms with Gasteiger partial charge in [-0.3, -0.25) is 0 Å². The minimum Gasteiger partial charge on any atom is -0.497 e. The van der Waals surface area contributed by atoms with Crippen molar-refractivity contribution in [3.8, 4) is 5.75 Å². The summed E-state index contributed by atoms with van der Waals surface area (Å²) in [5, 5.41) is 0. The summed E-state index contributed by atoms with van der Waals surface area (Å²) >= 11 is 3.59. The van der Waals surface area contributed by atoms with Gasteiger partial charge in [0.25, 0.3) is 0 Å². The summed E-state index contributed by atoms with van der Waals surface area (Å²) in [5.74, 6) is 1.52. The molecule has 0 fully saturated rings. The predicted octanol–water partition coefficient (Wildman–Crippen LogP) is 3.62. The number of hydrogen-bond acceptors (Lipinski definition) is 1. The van der Waals surface area contributed by atoms with Crippen molar-refractivity contribution in [3.63, 3.8) is 0 Å². The van der Waals surface area contributed by atoms with Crippen molar-refractivity contribution in [2.45, 2.75) is 13.3 Å².